The van der Waals surface area contributed by atoms with Crippen LogP contribution in [-0.4, -0.2) is 19.0 Å². The van der Waals surface area contributed by atoms with Crippen molar-refractivity contribution in [3.63, 3.8) is 0 Å². The van der Waals surface area contributed by atoms with E-state index in [1.807, 2.05) is 11.3 Å². The van der Waals surface area contributed by atoms with Crippen LogP contribution in [0.15, 0.2) is 6.07 Å². The van der Waals surface area contributed by atoms with Crippen LogP contribution in [-0.2, 0) is 11.3 Å². The van der Waals surface area contributed by atoms with E-state index in [9.17, 15) is 4.79 Å². The summed E-state index contributed by atoms with van der Waals surface area (Å²) >= 11 is 1.83. The first-order chi connectivity index (χ1) is 7.09. The molecule has 0 aliphatic heterocycles. The predicted molar refractivity (Wildman–Crippen MR) is 64.2 cm³/mol. The molecular formula is C11H18N2OS. The molecule has 1 aromatic rings. The van der Waals surface area contributed by atoms with Crippen molar-refractivity contribution in [1.29, 1.82) is 0 Å². The second kappa shape index (κ2) is 5.88. The highest BCUT2D eigenvalue weighted by Crippen LogP contribution is 2.19. The van der Waals surface area contributed by atoms with Gasteiger partial charge >= 0.3 is 0 Å². The largest absolute Gasteiger partial charge is 0.355 e. The number of aryl methyl sites for hydroxylation is 2. The van der Waals surface area contributed by atoms with E-state index in [1.165, 1.54) is 22.2 Å². The van der Waals surface area contributed by atoms with Gasteiger partial charge in [-0.15, -0.1) is 11.3 Å². The van der Waals surface area contributed by atoms with Gasteiger partial charge in [0.15, 0.2) is 0 Å². The molecule has 1 amide bonds. The van der Waals surface area contributed by atoms with E-state index in [2.05, 4.69) is 30.5 Å². The third-order valence-electron chi connectivity index (χ3n) is 2.13. The molecule has 0 unspecified atom stereocenters. The number of thiophene rings is 1. The lowest BCUT2D eigenvalue weighted by atomic mass is 10.2. The smallest absolute Gasteiger partial charge is 0.216 e. The van der Waals surface area contributed by atoms with Crippen LogP contribution in [0.1, 0.15) is 22.2 Å². The highest BCUT2D eigenvalue weighted by Gasteiger charge is 2.01. The molecule has 2 N–H and O–H groups in total. The Bertz CT molecular complexity index is 333. The zero-order valence-corrected chi connectivity index (χ0v) is 10.3. The van der Waals surface area contributed by atoms with E-state index < -0.39 is 0 Å². The van der Waals surface area contributed by atoms with Crippen molar-refractivity contribution in [1.82, 2.24) is 10.6 Å². The maximum Gasteiger partial charge on any atom is 0.216 e. The highest BCUT2D eigenvalue weighted by molar-refractivity contribution is 7.12. The average molecular weight is 226 g/mol. The summed E-state index contributed by atoms with van der Waals surface area (Å²) in [6, 6.07) is 2.21. The minimum atomic E-state index is 0.0272. The van der Waals surface area contributed by atoms with E-state index in [0.29, 0.717) is 6.54 Å². The summed E-state index contributed by atoms with van der Waals surface area (Å²) in [6.45, 7) is 8.19. The van der Waals surface area contributed by atoms with Crippen molar-refractivity contribution in [2.45, 2.75) is 27.3 Å². The van der Waals surface area contributed by atoms with Crippen molar-refractivity contribution < 1.29 is 4.79 Å². The van der Waals surface area contributed by atoms with Crippen molar-refractivity contribution in [2.24, 2.45) is 0 Å². The highest BCUT2D eigenvalue weighted by atomic mass is 32.1. The molecule has 0 aromatic carbocycles. The standard InChI is InChI=1S/C11H18N2OS/c1-8-6-11(9(2)15-8)7-12-4-5-13-10(3)14/h6,12H,4-5,7H2,1-3H3,(H,13,14). The molecular weight excluding hydrogens is 208 g/mol. The summed E-state index contributed by atoms with van der Waals surface area (Å²) in [5.41, 5.74) is 1.36. The Kier molecular flexibility index (Phi) is 4.78. The Labute approximate surface area is 94.9 Å². The van der Waals surface area contributed by atoms with Gasteiger partial charge < -0.3 is 10.6 Å². The maximum absolute atomic E-state index is 10.6. The Morgan fingerprint density at radius 3 is 2.67 bits per heavy atom. The van der Waals surface area contributed by atoms with Gasteiger partial charge in [-0.3, -0.25) is 4.79 Å². The molecule has 0 aliphatic rings. The van der Waals surface area contributed by atoms with Gasteiger partial charge in [0.1, 0.15) is 0 Å². The Morgan fingerprint density at radius 2 is 2.13 bits per heavy atom. The monoisotopic (exact) mass is 226 g/mol. The minimum absolute atomic E-state index is 0.0272. The van der Waals surface area contributed by atoms with E-state index in [1.54, 1.807) is 0 Å². The van der Waals surface area contributed by atoms with Crippen LogP contribution in [0.5, 0.6) is 0 Å². The second-order valence-electron chi connectivity index (χ2n) is 3.60. The van der Waals surface area contributed by atoms with E-state index in [-0.39, 0.29) is 5.91 Å². The zero-order valence-electron chi connectivity index (χ0n) is 9.52. The number of nitrogens with one attached hydrogen (secondary N) is 2. The van der Waals surface area contributed by atoms with Gasteiger partial charge in [0, 0.05) is 36.3 Å². The van der Waals surface area contributed by atoms with Crippen LogP contribution in [0.3, 0.4) is 0 Å². The molecule has 84 valence electrons. The predicted octanol–water partition coefficient (Wildman–Crippen LogP) is 1.59. The number of hydrogen-bond acceptors (Lipinski definition) is 3. The molecule has 0 saturated heterocycles. The van der Waals surface area contributed by atoms with Gasteiger partial charge in [-0.1, -0.05) is 0 Å². The Morgan fingerprint density at radius 1 is 1.40 bits per heavy atom. The molecule has 1 heterocycles. The summed E-state index contributed by atoms with van der Waals surface area (Å²) in [4.78, 5) is 13.3. The summed E-state index contributed by atoms with van der Waals surface area (Å²) < 4.78 is 0. The fraction of sp³-hybridized carbons (Fsp3) is 0.545. The first-order valence-corrected chi connectivity index (χ1v) is 5.92. The summed E-state index contributed by atoms with van der Waals surface area (Å²) in [7, 11) is 0. The third kappa shape index (κ3) is 4.44. The molecule has 0 spiro atoms. The fourth-order valence-corrected chi connectivity index (χ4v) is 2.36. The lowest BCUT2D eigenvalue weighted by Gasteiger charge is -2.04. The van der Waals surface area contributed by atoms with Gasteiger partial charge in [0.05, 0.1) is 0 Å². The molecule has 15 heavy (non-hydrogen) atoms. The lowest BCUT2D eigenvalue weighted by Crippen LogP contribution is -2.29. The molecule has 0 fully saturated rings. The summed E-state index contributed by atoms with van der Waals surface area (Å²) in [6.07, 6.45) is 0. The van der Waals surface area contributed by atoms with Gasteiger partial charge in [-0.05, 0) is 25.5 Å². The number of amides is 1. The zero-order chi connectivity index (χ0) is 11.3. The SMILES string of the molecule is CC(=O)NCCNCc1cc(C)sc1C. The van der Waals surface area contributed by atoms with E-state index >= 15 is 0 Å². The quantitative estimate of drug-likeness (QED) is 0.749. The van der Waals surface area contributed by atoms with Crippen LogP contribution in [0, 0.1) is 13.8 Å². The normalized spacial score (nSPS) is 10.3. The summed E-state index contributed by atoms with van der Waals surface area (Å²) in [5.74, 6) is 0.0272. The van der Waals surface area contributed by atoms with Gasteiger partial charge in [0.25, 0.3) is 0 Å². The molecule has 0 atom stereocenters. The van der Waals surface area contributed by atoms with Crippen molar-refractivity contribution in [3.8, 4) is 0 Å². The number of rotatable bonds is 5. The molecule has 0 saturated carbocycles. The lowest BCUT2D eigenvalue weighted by molar-refractivity contribution is -0.118. The Hall–Kier alpha value is -0.870. The van der Waals surface area contributed by atoms with Gasteiger partial charge in [-0.2, -0.15) is 0 Å². The molecule has 0 bridgehead atoms. The molecule has 0 radical (unpaired) electrons. The molecule has 1 aromatic heterocycles. The topological polar surface area (TPSA) is 41.1 Å². The van der Waals surface area contributed by atoms with Crippen LogP contribution >= 0.6 is 11.3 Å². The van der Waals surface area contributed by atoms with E-state index in [4.69, 9.17) is 0 Å². The number of hydrogen-bond donors (Lipinski definition) is 2. The molecule has 0 aliphatic carbocycles. The first kappa shape index (κ1) is 12.2. The molecule has 1 rings (SSSR count). The van der Waals surface area contributed by atoms with Crippen molar-refractivity contribution in [3.05, 3.63) is 21.4 Å². The van der Waals surface area contributed by atoms with Crippen LogP contribution in [0.25, 0.3) is 0 Å². The number of carbonyl (C=O) groups excluding carboxylic acids is 1. The van der Waals surface area contributed by atoms with Crippen LogP contribution < -0.4 is 10.6 Å². The average Bonchev–Trinajstić information content (AvgIpc) is 2.44. The maximum atomic E-state index is 10.6. The minimum Gasteiger partial charge on any atom is -0.355 e. The fourth-order valence-electron chi connectivity index (χ4n) is 1.41. The van der Waals surface area contributed by atoms with Gasteiger partial charge in [-0.25, -0.2) is 0 Å². The van der Waals surface area contributed by atoms with Crippen LogP contribution in [0.2, 0.25) is 0 Å². The van der Waals surface area contributed by atoms with Crippen LogP contribution in [0.4, 0.5) is 0 Å². The van der Waals surface area contributed by atoms with Gasteiger partial charge in [0.2, 0.25) is 5.91 Å². The molecule has 4 heteroatoms. The van der Waals surface area contributed by atoms with Crippen molar-refractivity contribution >= 4 is 17.2 Å². The van der Waals surface area contributed by atoms with E-state index in [0.717, 1.165) is 13.1 Å². The van der Waals surface area contributed by atoms with Crippen molar-refractivity contribution in [2.75, 3.05) is 13.1 Å². The molecule has 3 nitrogen and oxygen atoms in total. The first-order valence-electron chi connectivity index (χ1n) is 5.10. The Balaban J connectivity index is 2.20. The summed E-state index contributed by atoms with van der Waals surface area (Å²) in [5, 5.41) is 6.06. The third-order valence-corrected chi connectivity index (χ3v) is 3.14. The number of carbonyl (C=O) groups is 1. The second-order valence-corrected chi connectivity index (χ2v) is 5.06.